The van der Waals surface area contributed by atoms with Crippen LogP contribution in [-0.2, 0) is 0 Å². The fraction of sp³-hybridized carbons (Fsp3) is 0. The molecule has 4 heteroatoms. The van der Waals surface area contributed by atoms with Gasteiger partial charge in [0.2, 0.25) is 0 Å². The van der Waals surface area contributed by atoms with Crippen LogP contribution in [0.3, 0.4) is 0 Å². The maximum atomic E-state index is 4.86. The second kappa shape index (κ2) is 3.75. The van der Waals surface area contributed by atoms with E-state index in [1.54, 1.807) is 22.7 Å². The van der Waals surface area contributed by atoms with Crippen molar-refractivity contribution in [3.05, 3.63) is 47.2 Å². The molecule has 3 aromatic heterocycles. The third kappa shape index (κ3) is 1.27. The van der Waals surface area contributed by atoms with Gasteiger partial charge in [-0.25, -0.2) is 9.97 Å². The van der Waals surface area contributed by atoms with Crippen molar-refractivity contribution in [2.45, 2.75) is 0 Å². The van der Waals surface area contributed by atoms with Crippen molar-refractivity contribution in [2.24, 2.45) is 0 Å². The zero-order valence-corrected chi connectivity index (χ0v) is 12.0. The first-order chi connectivity index (χ1) is 9.92. The summed E-state index contributed by atoms with van der Waals surface area (Å²) in [6.45, 7) is 0. The molecule has 94 valence electrons. The third-order valence-corrected chi connectivity index (χ3v) is 5.48. The monoisotopic (exact) mass is 292 g/mol. The van der Waals surface area contributed by atoms with Crippen molar-refractivity contribution in [3.8, 4) is 0 Å². The summed E-state index contributed by atoms with van der Waals surface area (Å²) in [7, 11) is 0. The van der Waals surface area contributed by atoms with Gasteiger partial charge in [-0.15, -0.1) is 22.7 Å². The standard InChI is InChI=1S/C16H8N2S2/c1-2-4-12-11(3-1)17-13-9-5-7-19-15(9)10-6-8-20-16(10)14(13)18-12/h1-8H. The van der Waals surface area contributed by atoms with E-state index in [0.29, 0.717) is 0 Å². The number of hydrogen-bond donors (Lipinski definition) is 0. The van der Waals surface area contributed by atoms with Gasteiger partial charge in [0.25, 0.3) is 0 Å². The van der Waals surface area contributed by atoms with Crippen molar-refractivity contribution in [3.63, 3.8) is 0 Å². The van der Waals surface area contributed by atoms with Crippen LogP contribution < -0.4 is 0 Å². The summed E-state index contributed by atoms with van der Waals surface area (Å²) in [6, 6.07) is 12.4. The van der Waals surface area contributed by atoms with E-state index >= 15 is 0 Å². The normalized spacial score (nSPS) is 12.0. The highest BCUT2D eigenvalue weighted by molar-refractivity contribution is 7.21. The van der Waals surface area contributed by atoms with Gasteiger partial charge in [-0.2, -0.15) is 0 Å². The number of aromatic nitrogens is 2. The quantitative estimate of drug-likeness (QED) is 0.366. The van der Waals surface area contributed by atoms with Gasteiger partial charge in [-0.05, 0) is 35.0 Å². The first-order valence-corrected chi connectivity index (χ1v) is 8.10. The molecule has 0 N–H and O–H groups in total. The second-order valence-electron chi connectivity index (χ2n) is 4.74. The Morgan fingerprint density at radius 2 is 1.30 bits per heavy atom. The Kier molecular flexibility index (Phi) is 2.01. The molecule has 0 aliphatic heterocycles. The average Bonchev–Trinajstić information content (AvgIpc) is 3.14. The molecule has 2 aromatic carbocycles. The molecule has 0 unspecified atom stereocenters. The minimum Gasteiger partial charge on any atom is -0.244 e. The van der Waals surface area contributed by atoms with Gasteiger partial charge in [0.15, 0.2) is 0 Å². The molecule has 3 heterocycles. The average molecular weight is 292 g/mol. The molecule has 5 aromatic rings. The van der Waals surface area contributed by atoms with Gasteiger partial charge in [0.05, 0.1) is 21.3 Å². The molecule has 0 bridgehead atoms. The molecule has 0 radical (unpaired) electrons. The molecule has 2 nitrogen and oxygen atoms in total. The molecule has 0 saturated heterocycles. The van der Waals surface area contributed by atoms with Crippen LogP contribution in [-0.4, -0.2) is 9.97 Å². The molecule has 0 fully saturated rings. The highest BCUT2D eigenvalue weighted by atomic mass is 32.1. The highest BCUT2D eigenvalue weighted by Gasteiger charge is 2.13. The number of thiophene rings is 2. The lowest BCUT2D eigenvalue weighted by Gasteiger charge is -2.04. The molecule has 0 spiro atoms. The van der Waals surface area contributed by atoms with Gasteiger partial charge >= 0.3 is 0 Å². The lowest BCUT2D eigenvalue weighted by molar-refractivity contribution is 1.42. The van der Waals surface area contributed by atoms with Gasteiger partial charge in [0.1, 0.15) is 5.52 Å². The van der Waals surface area contributed by atoms with Crippen molar-refractivity contribution < 1.29 is 0 Å². The maximum Gasteiger partial charge on any atom is 0.108 e. The lowest BCUT2D eigenvalue weighted by atomic mass is 10.1. The van der Waals surface area contributed by atoms with E-state index in [-0.39, 0.29) is 0 Å². The van der Waals surface area contributed by atoms with Crippen LogP contribution in [0.15, 0.2) is 47.2 Å². The number of nitrogens with zero attached hydrogens (tertiary/aromatic N) is 2. The van der Waals surface area contributed by atoms with Crippen molar-refractivity contribution in [1.29, 1.82) is 0 Å². The van der Waals surface area contributed by atoms with Crippen LogP contribution in [0.25, 0.3) is 42.2 Å². The third-order valence-electron chi connectivity index (χ3n) is 3.62. The van der Waals surface area contributed by atoms with Crippen LogP contribution in [0.5, 0.6) is 0 Å². The Morgan fingerprint density at radius 3 is 2.10 bits per heavy atom. The second-order valence-corrected chi connectivity index (χ2v) is 6.57. The summed E-state index contributed by atoms with van der Waals surface area (Å²) in [5.41, 5.74) is 3.97. The fourth-order valence-corrected chi connectivity index (χ4v) is 4.61. The smallest absolute Gasteiger partial charge is 0.108 e. The van der Waals surface area contributed by atoms with E-state index in [9.17, 15) is 0 Å². The Morgan fingerprint density at radius 1 is 0.650 bits per heavy atom. The summed E-state index contributed by atoms with van der Waals surface area (Å²) in [5, 5.41) is 6.80. The summed E-state index contributed by atoms with van der Waals surface area (Å²) in [5.74, 6) is 0. The summed E-state index contributed by atoms with van der Waals surface area (Å²) < 4.78 is 2.56. The van der Waals surface area contributed by atoms with E-state index in [2.05, 4.69) is 22.9 Å². The first-order valence-electron chi connectivity index (χ1n) is 6.35. The van der Waals surface area contributed by atoms with Gasteiger partial charge in [-0.1, -0.05) is 12.1 Å². The summed E-state index contributed by atoms with van der Waals surface area (Å²) in [6.07, 6.45) is 0. The van der Waals surface area contributed by atoms with E-state index in [4.69, 9.17) is 9.97 Å². The van der Waals surface area contributed by atoms with Crippen LogP contribution in [0, 0.1) is 0 Å². The molecule has 0 saturated carbocycles. The predicted molar refractivity (Wildman–Crippen MR) is 87.8 cm³/mol. The molecule has 20 heavy (non-hydrogen) atoms. The van der Waals surface area contributed by atoms with Gasteiger partial charge in [0, 0.05) is 15.5 Å². The lowest BCUT2D eigenvalue weighted by Crippen LogP contribution is -1.87. The fourth-order valence-electron chi connectivity index (χ4n) is 2.72. The molecular formula is C16H8N2S2. The minimum absolute atomic E-state index is 0.961. The number of hydrogen-bond acceptors (Lipinski definition) is 4. The van der Waals surface area contributed by atoms with Gasteiger partial charge in [-0.3, -0.25) is 0 Å². The molecule has 0 amide bonds. The maximum absolute atomic E-state index is 4.86. The first kappa shape index (κ1) is 10.7. The van der Waals surface area contributed by atoms with Crippen molar-refractivity contribution >= 4 is 64.9 Å². The Balaban J connectivity index is 2.19. The van der Waals surface area contributed by atoms with E-state index < -0.39 is 0 Å². The molecular weight excluding hydrogens is 284 g/mol. The van der Waals surface area contributed by atoms with E-state index in [1.165, 1.54) is 20.2 Å². The number of benzene rings is 2. The number of para-hydroxylation sites is 2. The Labute approximate surface area is 122 Å². The zero-order valence-electron chi connectivity index (χ0n) is 10.3. The molecule has 0 aliphatic carbocycles. The Bertz CT molecular complexity index is 1020. The number of rotatable bonds is 0. The van der Waals surface area contributed by atoms with Crippen molar-refractivity contribution in [2.75, 3.05) is 0 Å². The largest absolute Gasteiger partial charge is 0.244 e. The highest BCUT2D eigenvalue weighted by Crippen LogP contribution is 2.39. The summed E-state index contributed by atoms with van der Waals surface area (Å²) >= 11 is 3.53. The topological polar surface area (TPSA) is 25.8 Å². The minimum atomic E-state index is 0.961. The van der Waals surface area contributed by atoms with Crippen LogP contribution in [0.1, 0.15) is 0 Å². The predicted octanol–water partition coefficient (Wildman–Crippen LogP) is 5.21. The van der Waals surface area contributed by atoms with E-state index in [0.717, 1.165) is 22.1 Å². The van der Waals surface area contributed by atoms with Crippen LogP contribution in [0.2, 0.25) is 0 Å². The number of fused-ring (bicyclic) bond motifs is 7. The SMILES string of the molecule is c1ccc2nc3c(nc2c1)c1ccsc1c1ccsc13. The molecule has 0 aliphatic rings. The summed E-state index contributed by atoms with van der Waals surface area (Å²) in [4.78, 5) is 9.72. The van der Waals surface area contributed by atoms with Crippen molar-refractivity contribution in [1.82, 2.24) is 9.97 Å². The zero-order chi connectivity index (χ0) is 13.1. The molecule has 5 rings (SSSR count). The van der Waals surface area contributed by atoms with Crippen LogP contribution >= 0.6 is 22.7 Å². The molecule has 0 atom stereocenters. The van der Waals surface area contributed by atoms with E-state index in [1.807, 2.05) is 24.3 Å². The van der Waals surface area contributed by atoms with Gasteiger partial charge < -0.3 is 0 Å². The Hall–Kier alpha value is -2.04. The van der Waals surface area contributed by atoms with Crippen LogP contribution in [0.4, 0.5) is 0 Å².